The van der Waals surface area contributed by atoms with Gasteiger partial charge in [0.1, 0.15) is 10.6 Å². The first-order valence-corrected chi connectivity index (χ1v) is 12.6. The summed E-state index contributed by atoms with van der Waals surface area (Å²) in [4.78, 5) is 4.52. The van der Waals surface area contributed by atoms with Gasteiger partial charge in [-0.2, -0.15) is 0 Å². The number of fused-ring (bicyclic) bond motifs is 1. The van der Waals surface area contributed by atoms with E-state index in [0.717, 1.165) is 43.6 Å². The molecule has 0 aromatic heterocycles. The molecule has 2 aliphatic rings. The number of sulfonamides is 1. The van der Waals surface area contributed by atoms with Gasteiger partial charge in [0.15, 0.2) is 0 Å². The molecule has 1 spiro atoms. The van der Waals surface area contributed by atoms with E-state index in [1.807, 2.05) is 43.4 Å². The van der Waals surface area contributed by atoms with Crippen LogP contribution in [0, 0.1) is 5.41 Å². The quantitative estimate of drug-likeness (QED) is 0.679. The van der Waals surface area contributed by atoms with Crippen molar-refractivity contribution in [1.29, 1.82) is 0 Å². The van der Waals surface area contributed by atoms with E-state index in [1.165, 1.54) is 0 Å². The van der Waals surface area contributed by atoms with Crippen molar-refractivity contribution in [1.82, 2.24) is 14.5 Å². The highest BCUT2D eigenvalue weighted by Crippen LogP contribution is 2.36. The lowest BCUT2D eigenvalue weighted by Gasteiger charge is -2.43. The smallest absolute Gasteiger partial charge is 0.244 e. The number of likely N-dealkylation sites (tertiary alicyclic amines) is 1. The predicted octanol–water partition coefficient (Wildman–Crippen LogP) is 2.03. The molecule has 1 saturated heterocycles. The molecular weight excluding hydrogens is 426 g/mol. The highest BCUT2D eigenvalue weighted by Gasteiger charge is 2.37. The highest BCUT2D eigenvalue weighted by atomic mass is 32.2. The number of nitrogens with zero attached hydrogens (tertiary/aromatic N) is 2. The molecule has 4 rings (SSSR count). The fourth-order valence-electron chi connectivity index (χ4n) is 4.67. The first-order chi connectivity index (χ1) is 15.3. The van der Waals surface area contributed by atoms with Gasteiger partial charge < -0.3 is 19.6 Å². The number of aliphatic hydroxyl groups excluding tert-OH is 1. The lowest BCUT2D eigenvalue weighted by Crippen LogP contribution is -2.50. The summed E-state index contributed by atoms with van der Waals surface area (Å²) in [5, 5.41) is 10.5. The topological polar surface area (TPSA) is 82.1 Å². The van der Waals surface area contributed by atoms with Crippen molar-refractivity contribution in [2.75, 3.05) is 53.4 Å². The molecule has 2 aromatic carbocycles. The van der Waals surface area contributed by atoms with Crippen LogP contribution < -0.4 is 9.46 Å². The van der Waals surface area contributed by atoms with Crippen molar-refractivity contribution >= 4 is 10.0 Å². The molecule has 2 N–H and O–H groups in total. The Kier molecular flexibility index (Phi) is 6.88. The number of β-amino-alcohol motifs (C(OH)–C–C–N with tert-alkyl or cyclic N) is 1. The molecule has 1 atom stereocenters. The van der Waals surface area contributed by atoms with Crippen LogP contribution in [0.5, 0.6) is 5.75 Å². The van der Waals surface area contributed by atoms with E-state index < -0.39 is 16.1 Å². The zero-order chi connectivity index (χ0) is 22.8. The predicted molar refractivity (Wildman–Crippen MR) is 125 cm³/mol. The maximum atomic E-state index is 13.1. The van der Waals surface area contributed by atoms with Crippen LogP contribution in [0.25, 0.3) is 11.1 Å². The maximum Gasteiger partial charge on any atom is 0.244 e. The summed E-state index contributed by atoms with van der Waals surface area (Å²) in [6.07, 6.45) is 1.14. The Hall–Kier alpha value is -1.97. The van der Waals surface area contributed by atoms with Crippen molar-refractivity contribution < 1.29 is 18.3 Å². The van der Waals surface area contributed by atoms with Crippen LogP contribution in [0.1, 0.15) is 12.8 Å². The summed E-state index contributed by atoms with van der Waals surface area (Å²) in [6.45, 7) is 3.52. The maximum absolute atomic E-state index is 13.1. The number of hydrogen-bond acceptors (Lipinski definition) is 6. The van der Waals surface area contributed by atoms with E-state index >= 15 is 0 Å². The second kappa shape index (κ2) is 9.49. The van der Waals surface area contributed by atoms with Gasteiger partial charge in [-0.25, -0.2) is 13.1 Å². The summed E-state index contributed by atoms with van der Waals surface area (Å²) in [6, 6.07) is 15.1. The van der Waals surface area contributed by atoms with Crippen molar-refractivity contribution in [2.24, 2.45) is 5.41 Å². The summed E-state index contributed by atoms with van der Waals surface area (Å²) >= 11 is 0. The van der Waals surface area contributed by atoms with Gasteiger partial charge in [-0.1, -0.05) is 36.4 Å². The minimum Gasteiger partial charge on any atom is -0.492 e. The van der Waals surface area contributed by atoms with Crippen molar-refractivity contribution in [2.45, 2.75) is 23.8 Å². The van der Waals surface area contributed by atoms with Gasteiger partial charge in [-0.3, -0.25) is 0 Å². The number of benzene rings is 2. The number of nitrogens with one attached hydrogen (secondary N) is 1. The van der Waals surface area contributed by atoms with Gasteiger partial charge in [-0.15, -0.1) is 0 Å². The third-order valence-corrected chi connectivity index (χ3v) is 8.02. The molecule has 0 aliphatic carbocycles. The molecule has 7 nitrogen and oxygen atoms in total. The summed E-state index contributed by atoms with van der Waals surface area (Å²) < 4.78 is 35.0. The van der Waals surface area contributed by atoms with Crippen molar-refractivity contribution in [3.63, 3.8) is 0 Å². The van der Waals surface area contributed by atoms with Gasteiger partial charge >= 0.3 is 0 Å². The minimum absolute atomic E-state index is 0.0394. The average Bonchev–Trinajstić information content (AvgIpc) is 2.78. The summed E-state index contributed by atoms with van der Waals surface area (Å²) in [5.41, 5.74) is 1.80. The largest absolute Gasteiger partial charge is 0.492 e. The van der Waals surface area contributed by atoms with Crippen LogP contribution in [0.15, 0.2) is 53.4 Å². The van der Waals surface area contributed by atoms with E-state index in [4.69, 9.17) is 4.74 Å². The number of ether oxygens (including phenoxy) is 1. The van der Waals surface area contributed by atoms with E-state index in [2.05, 4.69) is 21.6 Å². The van der Waals surface area contributed by atoms with Gasteiger partial charge in [0.2, 0.25) is 10.0 Å². The fraction of sp³-hybridized carbons (Fsp3) is 0.500. The van der Waals surface area contributed by atoms with Crippen molar-refractivity contribution in [3.05, 3.63) is 48.5 Å². The lowest BCUT2D eigenvalue weighted by atomic mass is 9.78. The van der Waals surface area contributed by atoms with Crippen LogP contribution >= 0.6 is 0 Å². The normalized spacial score (nSPS) is 24.7. The van der Waals surface area contributed by atoms with E-state index in [9.17, 15) is 13.5 Å². The number of piperidine rings is 1. The Labute approximate surface area is 191 Å². The Morgan fingerprint density at radius 2 is 1.75 bits per heavy atom. The van der Waals surface area contributed by atoms with Crippen LogP contribution in [-0.4, -0.2) is 82.9 Å². The molecule has 1 unspecified atom stereocenters. The molecule has 32 heavy (non-hydrogen) atoms. The minimum atomic E-state index is -3.83. The SMILES string of the molecule is CN1CCC2(CC1)COc1cc(-c3ccccc3)ccc1S(=O)(=O)NCC(O)CN(C)C2. The third-order valence-electron chi connectivity index (χ3n) is 6.56. The standard InChI is InChI=1S/C24H33N3O4S/c1-26-12-10-24(11-13-26)17-27(2)16-21(28)15-25-32(29,30)23-9-8-20(14-22(23)31-18-24)19-6-4-3-5-7-19/h3-9,14,21,25,28H,10-13,15-18H2,1-2H3. The second-order valence-corrected chi connectivity index (χ2v) is 11.1. The molecular formula is C24H33N3O4S. The van der Waals surface area contributed by atoms with Crippen LogP contribution in [0.3, 0.4) is 0 Å². The third kappa shape index (κ3) is 5.32. The lowest BCUT2D eigenvalue weighted by molar-refractivity contribution is 0.0219. The van der Waals surface area contributed by atoms with Crippen molar-refractivity contribution in [3.8, 4) is 16.9 Å². The Morgan fingerprint density at radius 1 is 1.03 bits per heavy atom. The summed E-state index contributed by atoms with van der Waals surface area (Å²) in [7, 11) is 0.267. The number of likely N-dealkylation sites (N-methyl/N-ethyl adjacent to an activating group) is 1. The van der Waals surface area contributed by atoms with Crippen LogP contribution in [-0.2, 0) is 10.0 Å². The van der Waals surface area contributed by atoms with Gasteiger partial charge in [0.25, 0.3) is 0 Å². The van der Waals surface area contributed by atoms with E-state index in [0.29, 0.717) is 18.9 Å². The molecule has 0 bridgehead atoms. The number of hydrogen-bond donors (Lipinski definition) is 2. The molecule has 0 amide bonds. The first-order valence-electron chi connectivity index (χ1n) is 11.1. The second-order valence-electron chi connectivity index (χ2n) is 9.32. The Balaban J connectivity index is 1.73. The zero-order valence-corrected chi connectivity index (χ0v) is 19.6. The summed E-state index contributed by atoms with van der Waals surface area (Å²) in [5.74, 6) is 0.356. The molecule has 1 fully saturated rings. The molecule has 8 heteroatoms. The van der Waals surface area contributed by atoms with Gasteiger partial charge in [-0.05, 0) is 63.3 Å². The van der Waals surface area contributed by atoms with Gasteiger partial charge in [0.05, 0.1) is 12.7 Å². The average molecular weight is 460 g/mol. The zero-order valence-electron chi connectivity index (χ0n) is 18.8. The molecule has 2 aromatic rings. The van der Waals surface area contributed by atoms with Crippen LogP contribution in [0.4, 0.5) is 0 Å². The Bertz CT molecular complexity index is 1020. The fourth-order valence-corrected chi connectivity index (χ4v) is 5.87. The van der Waals surface area contributed by atoms with E-state index in [-0.39, 0.29) is 16.9 Å². The van der Waals surface area contributed by atoms with Crippen LogP contribution in [0.2, 0.25) is 0 Å². The van der Waals surface area contributed by atoms with E-state index in [1.54, 1.807) is 12.1 Å². The number of aliphatic hydroxyl groups is 1. The van der Waals surface area contributed by atoms with Gasteiger partial charge in [0, 0.05) is 25.0 Å². The molecule has 2 aliphatic heterocycles. The number of rotatable bonds is 1. The first kappa shape index (κ1) is 23.2. The Morgan fingerprint density at radius 3 is 2.47 bits per heavy atom. The molecule has 174 valence electrons. The highest BCUT2D eigenvalue weighted by molar-refractivity contribution is 7.89. The molecule has 0 saturated carbocycles. The monoisotopic (exact) mass is 459 g/mol. The molecule has 0 radical (unpaired) electrons. The molecule has 2 heterocycles.